The highest BCUT2D eigenvalue weighted by Crippen LogP contribution is 2.09. The molecule has 0 saturated carbocycles. The quantitative estimate of drug-likeness (QED) is 0.711. The van der Waals surface area contributed by atoms with Crippen molar-refractivity contribution in [2.24, 2.45) is 4.99 Å². The number of nitrogens with zero attached hydrogens (tertiary/aromatic N) is 4. The van der Waals surface area contributed by atoms with Gasteiger partial charge in [-0.3, -0.25) is 19.9 Å². The average Bonchev–Trinajstić information content (AvgIpc) is 2.62. The zero-order chi connectivity index (χ0) is 15.7. The monoisotopic (exact) mass is 303 g/mol. The van der Waals surface area contributed by atoms with Crippen LogP contribution in [0.3, 0.4) is 0 Å². The normalized spacial score (nSPS) is 10.8. The second kappa shape index (κ2) is 7.79. The number of anilines is 1. The lowest BCUT2D eigenvalue weighted by atomic mass is 10.2. The van der Waals surface area contributed by atoms with Crippen molar-refractivity contribution >= 4 is 11.9 Å². The number of aromatic nitrogens is 3. The predicted octanol–water partition coefficient (Wildman–Crippen LogP) is 3.10. The molecule has 5 nitrogen and oxygen atoms in total. The molecule has 1 N–H and O–H groups in total. The molecule has 0 atom stereocenters. The van der Waals surface area contributed by atoms with Crippen LogP contribution in [-0.2, 0) is 13.1 Å². The minimum absolute atomic E-state index is 0.612. The van der Waals surface area contributed by atoms with E-state index in [1.165, 1.54) is 0 Å². The smallest absolute Gasteiger partial charge is 0.0655 e. The summed E-state index contributed by atoms with van der Waals surface area (Å²) in [7, 11) is 0. The molecule has 0 aromatic carbocycles. The molecule has 5 heteroatoms. The van der Waals surface area contributed by atoms with Crippen LogP contribution in [0.5, 0.6) is 0 Å². The molecule has 3 heterocycles. The molecule has 3 rings (SSSR count). The lowest BCUT2D eigenvalue weighted by molar-refractivity contribution is 1.05. The molecule has 0 bridgehead atoms. The van der Waals surface area contributed by atoms with E-state index in [0.29, 0.717) is 13.1 Å². The van der Waals surface area contributed by atoms with Crippen molar-refractivity contribution in [3.63, 3.8) is 0 Å². The van der Waals surface area contributed by atoms with Gasteiger partial charge in [0.05, 0.1) is 12.2 Å². The Morgan fingerprint density at radius 1 is 0.913 bits per heavy atom. The van der Waals surface area contributed by atoms with Crippen molar-refractivity contribution in [2.75, 3.05) is 5.32 Å². The van der Waals surface area contributed by atoms with Crippen LogP contribution in [-0.4, -0.2) is 21.2 Å². The number of hydrogen-bond acceptors (Lipinski definition) is 5. The third-order valence-electron chi connectivity index (χ3n) is 3.22. The summed E-state index contributed by atoms with van der Waals surface area (Å²) in [6.45, 7) is 1.33. The molecule has 0 unspecified atom stereocenters. The number of pyridine rings is 3. The van der Waals surface area contributed by atoms with Crippen LogP contribution in [0, 0.1) is 0 Å². The minimum Gasteiger partial charge on any atom is -0.380 e. The van der Waals surface area contributed by atoms with E-state index in [9.17, 15) is 0 Å². The molecule has 0 radical (unpaired) electrons. The Kier molecular flexibility index (Phi) is 5.03. The van der Waals surface area contributed by atoms with Gasteiger partial charge in [0.25, 0.3) is 0 Å². The van der Waals surface area contributed by atoms with Gasteiger partial charge in [-0.25, -0.2) is 0 Å². The van der Waals surface area contributed by atoms with E-state index in [4.69, 9.17) is 0 Å². The lowest BCUT2D eigenvalue weighted by Gasteiger charge is -2.06. The Balaban J connectivity index is 1.58. The lowest BCUT2D eigenvalue weighted by Crippen LogP contribution is -2.00. The number of rotatable bonds is 6. The average molecular weight is 303 g/mol. The fourth-order valence-corrected chi connectivity index (χ4v) is 2.08. The summed E-state index contributed by atoms with van der Waals surface area (Å²) in [4.78, 5) is 16.8. The zero-order valence-electron chi connectivity index (χ0n) is 12.6. The van der Waals surface area contributed by atoms with Crippen LogP contribution in [0.15, 0.2) is 72.5 Å². The van der Waals surface area contributed by atoms with Crippen molar-refractivity contribution in [3.8, 4) is 0 Å². The first-order valence-corrected chi connectivity index (χ1v) is 7.37. The van der Waals surface area contributed by atoms with Crippen molar-refractivity contribution < 1.29 is 0 Å². The van der Waals surface area contributed by atoms with Gasteiger partial charge in [-0.05, 0) is 29.3 Å². The van der Waals surface area contributed by atoms with Gasteiger partial charge in [-0.15, -0.1) is 0 Å². The van der Waals surface area contributed by atoms with Gasteiger partial charge in [0, 0.05) is 55.5 Å². The van der Waals surface area contributed by atoms with Crippen LogP contribution in [0.1, 0.15) is 16.7 Å². The van der Waals surface area contributed by atoms with Crippen molar-refractivity contribution in [2.45, 2.75) is 13.1 Å². The molecule has 0 aliphatic heterocycles. The van der Waals surface area contributed by atoms with Gasteiger partial charge in [0.2, 0.25) is 0 Å². The molecular weight excluding hydrogens is 286 g/mol. The molecule has 0 spiro atoms. The predicted molar refractivity (Wildman–Crippen MR) is 91.3 cm³/mol. The van der Waals surface area contributed by atoms with Crippen LogP contribution < -0.4 is 5.32 Å². The third kappa shape index (κ3) is 4.71. The van der Waals surface area contributed by atoms with Crippen molar-refractivity contribution in [1.82, 2.24) is 15.0 Å². The van der Waals surface area contributed by atoms with E-state index >= 15 is 0 Å². The van der Waals surface area contributed by atoms with Crippen molar-refractivity contribution in [3.05, 3.63) is 84.2 Å². The van der Waals surface area contributed by atoms with Crippen LogP contribution in [0.4, 0.5) is 5.69 Å². The largest absolute Gasteiger partial charge is 0.380 e. The maximum atomic E-state index is 4.43. The number of nitrogens with one attached hydrogen (secondary N) is 1. The molecule has 114 valence electrons. The molecule has 3 aromatic heterocycles. The van der Waals surface area contributed by atoms with E-state index < -0.39 is 0 Å². The second-order valence-electron chi connectivity index (χ2n) is 5.05. The molecule has 0 aliphatic rings. The minimum atomic E-state index is 0.612. The third-order valence-corrected chi connectivity index (χ3v) is 3.22. The van der Waals surface area contributed by atoms with E-state index in [1.807, 2.05) is 48.9 Å². The van der Waals surface area contributed by atoms with Crippen LogP contribution in [0.2, 0.25) is 0 Å². The van der Waals surface area contributed by atoms with E-state index in [0.717, 1.165) is 22.4 Å². The first-order valence-electron chi connectivity index (χ1n) is 7.37. The van der Waals surface area contributed by atoms with E-state index in [1.54, 1.807) is 24.8 Å². The Morgan fingerprint density at radius 3 is 2.43 bits per heavy atom. The molecule has 3 aromatic rings. The molecular formula is C18H17N5. The summed E-state index contributed by atoms with van der Waals surface area (Å²) < 4.78 is 0. The summed E-state index contributed by atoms with van der Waals surface area (Å²) >= 11 is 0. The van der Waals surface area contributed by atoms with Gasteiger partial charge in [0.15, 0.2) is 0 Å². The Labute approximate surface area is 135 Å². The van der Waals surface area contributed by atoms with Gasteiger partial charge in [-0.2, -0.15) is 0 Å². The molecule has 0 saturated heterocycles. The maximum absolute atomic E-state index is 4.43. The fourth-order valence-electron chi connectivity index (χ4n) is 2.08. The van der Waals surface area contributed by atoms with E-state index in [-0.39, 0.29) is 0 Å². The Morgan fingerprint density at radius 2 is 1.70 bits per heavy atom. The first-order chi connectivity index (χ1) is 11.4. The molecule has 0 fully saturated rings. The number of aliphatic imine (C=N–C) groups is 1. The molecule has 0 aliphatic carbocycles. The SMILES string of the molecule is C(=N\Cc1cccnc1)/c1cncc(NCc2cccnc2)c1. The summed E-state index contributed by atoms with van der Waals surface area (Å²) in [6.07, 6.45) is 12.6. The Bertz CT molecular complexity index is 757. The molecule has 23 heavy (non-hydrogen) atoms. The summed E-state index contributed by atoms with van der Waals surface area (Å²) in [5.41, 5.74) is 4.13. The topological polar surface area (TPSA) is 63.1 Å². The fraction of sp³-hybridized carbons (Fsp3) is 0.111. The van der Waals surface area contributed by atoms with Gasteiger partial charge < -0.3 is 5.32 Å². The van der Waals surface area contributed by atoms with Gasteiger partial charge >= 0.3 is 0 Å². The highest BCUT2D eigenvalue weighted by Gasteiger charge is 1.96. The highest BCUT2D eigenvalue weighted by atomic mass is 14.9. The first kappa shape index (κ1) is 14.8. The summed E-state index contributed by atoms with van der Waals surface area (Å²) in [5, 5.41) is 3.34. The maximum Gasteiger partial charge on any atom is 0.0655 e. The number of hydrogen-bond donors (Lipinski definition) is 1. The summed E-state index contributed by atoms with van der Waals surface area (Å²) in [6, 6.07) is 9.91. The summed E-state index contributed by atoms with van der Waals surface area (Å²) in [5.74, 6) is 0. The van der Waals surface area contributed by atoms with Gasteiger partial charge in [-0.1, -0.05) is 12.1 Å². The highest BCUT2D eigenvalue weighted by molar-refractivity contribution is 5.80. The van der Waals surface area contributed by atoms with E-state index in [2.05, 4.69) is 25.3 Å². The molecule has 0 amide bonds. The van der Waals surface area contributed by atoms with Crippen LogP contribution >= 0.6 is 0 Å². The van der Waals surface area contributed by atoms with Crippen molar-refractivity contribution in [1.29, 1.82) is 0 Å². The van der Waals surface area contributed by atoms with Crippen LogP contribution in [0.25, 0.3) is 0 Å². The standard InChI is InChI=1S/C18H17N5/c1-3-15(8-19-5-1)10-21-11-17-7-18(14-22-12-17)23-13-16-4-2-6-20-9-16/h1-9,11-12,14,23H,10,13H2/b21-11+. The zero-order valence-corrected chi connectivity index (χ0v) is 12.6. The van der Waals surface area contributed by atoms with Gasteiger partial charge in [0.1, 0.15) is 0 Å². The second-order valence-corrected chi connectivity index (χ2v) is 5.05. The Hall–Kier alpha value is -3.08.